The standard InChI is InChI=1S/C10H14O2/c1-5-8-7(9(11)12-5)3-6-4-10(6,8)2/h5-8H,3-4H2,1-2H3. The van der Waals surface area contributed by atoms with Crippen LogP contribution in [0.4, 0.5) is 0 Å². The third kappa shape index (κ3) is 0.572. The number of hydrogen-bond acceptors (Lipinski definition) is 2. The molecule has 3 aliphatic rings. The average Bonchev–Trinajstić information content (AvgIpc) is 2.37. The lowest BCUT2D eigenvalue weighted by Crippen LogP contribution is -2.22. The van der Waals surface area contributed by atoms with Crippen molar-refractivity contribution in [2.45, 2.75) is 32.8 Å². The third-order valence-electron chi connectivity index (χ3n) is 4.30. The van der Waals surface area contributed by atoms with E-state index >= 15 is 0 Å². The predicted molar refractivity (Wildman–Crippen MR) is 43.4 cm³/mol. The van der Waals surface area contributed by atoms with E-state index in [1.807, 2.05) is 0 Å². The van der Waals surface area contributed by atoms with Gasteiger partial charge in [-0.1, -0.05) is 6.92 Å². The Bertz CT molecular complexity index is 261. The van der Waals surface area contributed by atoms with Gasteiger partial charge in [0.05, 0.1) is 5.92 Å². The van der Waals surface area contributed by atoms with E-state index in [0.717, 1.165) is 12.3 Å². The van der Waals surface area contributed by atoms with Crippen molar-refractivity contribution in [3.63, 3.8) is 0 Å². The normalized spacial score (nSPS) is 61.0. The van der Waals surface area contributed by atoms with E-state index in [9.17, 15) is 4.79 Å². The van der Waals surface area contributed by atoms with Gasteiger partial charge in [-0.2, -0.15) is 0 Å². The molecule has 0 aromatic rings. The monoisotopic (exact) mass is 166 g/mol. The van der Waals surface area contributed by atoms with E-state index in [0.29, 0.717) is 11.3 Å². The van der Waals surface area contributed by atoms with Crippen LogP contribution >= 0.6 is 0 Å². The first-order chi connectivity index (χ1) is 5.63. The number of fused-ring (bicyclic) bond motifs is 3. The highest BCUT2D eigenvalue weighted by atomic mass is 16.6. The Kier molecular flexibility index (Phi) is 0.984. The summed E-state index contributed by atoms with van der Waals surface area (Å²) in [6, 6.07) is 0. The molecule has 0 N–H and O–H groups in total. The van der Waals surface area contributed by atoms with Crippen molar-refractivity contribution in [2.24, 2.45) is 23.2 Å². The van der Waals surface area contributed by atoms with Gasteiger partial charge < -0.3 is 4.74 Å². The molecule has 5 unspecified atom stereocenters. The number of ether oxygens (including phenoxy) is 1. The topological polar surface area (TPSA) is 26.3 Å². The number of rotatable bonds is 0. The number of hydrogen-bond donors (Lipinski definition) is 0. The maximum absolute atomic E-state index is 11.4. The molecule has 1 saturated heterocycles. The minimum atomic E-state index is 0.0703. The fourth-order valence-electron chi connectivity index (χ4n) is 3.60. The number of esters is 1. The minimum Gasteiger partial charge on any atom is -0.462 e. The second kappa shape index (κ2) is 1.70. The number of carbonyl (C=O) groups excluding carboxylic acids is 1. The van der Waals surface area contributed by atoms with Crippen LogP contribution in [0.5, 0.6) is 0 Å². The molecule has 1 heterocycles. The lowest BCUT2D eigenvalue weighted by molar-refractivity contribution is -0.144. The van der Waals surface area contributed by atoms with Gasteiger partial charge >= 0.3 is 5.97 Å². The first kappa shape index (κ1) is 6.93. The Hall–Kier alpha value is -0.530. The summed E-state index contributed by atoms with van der Waals surface area (Å²) in [7, 11) is 0. The molecule has 3 fully saturated rings. The Balaban J connectivity index is 1.98. The Morgan fingerprint density at radius 1 is 1.58 bits per heavy atom. The van der Waals surface area contributed by atoms with Gasteiger partial charge in [0, 0.05) is 5.92 Å². The van der Waals surface area contributed by atoms with Gasteiger partial charge in [-0.3, -0.25) is 4.79 Å². The Labute approximate surface area is 72.3 Å². The van der Waals surface area contributed by atoms with Gasteiger partial charge in [-0.15, -0.1) is 0 Å². The summed E-state index contributed by atoms with van der Waals surface area (Å²) in [6.07, 6.45) is 2.61. The van der Waals surface area contributed by atoms with E-state index < -0.39 is 0 Å². The molecule has 2 nitrogen and oxygen atoms in total. The molecule has 0 aromatic heterocycles. The average molecular weight is 166 g/mol. The Morgan fingerprint density at radius 3 is 3.00 bits per heavy atom. The molecular weight excluding hydrogens is 152 g/mol. The second-order valence-electron chi connectivity index (χ2n) is 4.92. The molecule has 0 aromatic carbocycles. The molecule has 66 valence electrons. The summed E-state index contributed by atoms with van der Waals surface area (Å²) in [5.41, 5.74) is 0.468. The first-order valence-corrected chi connectivity index (χ1v) is 4.83. The molecule has 2 saturated carbocycles. The lowest BCUT2D eigenvalue weighted by Gasteiger charge is -2.19. The highest BCUT2D eigenvalue weighted by Crippen LogP contribution is 2.70. The SMILES string of the molecule is CC1OC(=O)C2CC3CC3(C)C12. The van der Waals surface area contributed by atoms with Gasteiger partial charge in [0.25, 0.3) is 0 Å². The van der Waals surface area contributed by atoms with Crippen LogP contribution < -0.4 is 0 Å². The highest BCUT2D eigenvalue weighted by molar-refractivity contribution is 5.76. The van der Waals surface area contributed by atoms with Crippen LogP contribution in [0.2, 0.25) is 0 Å². The summed E-state index contributed by atoms with van der Waals surface area (Å²) in [4.78, 5) is 11.4. The zero-order chi connectivity index (χ0) is 8.51. The molecule has 0 bridgehead atoms. The quantitative estimate of drug-likeness (QED) is 0.511. The highest BCUT2D eigenvalue weighted by Gasteiger charge is 2.69. The fourth-order valence-corrected chi connectivity index (χ4v) is 3.60. The molecule has 0 spiro atoms. The van der Waals surface area contributed by atoms with E-state index in [1.54, 1.807) is 0 Å². The van der Waals surface area contributed by atoms with Crippen LogP contribution in [0.1, 0.15) is 26.7 Å². The molecule has 3 rings (SSSR count). The molecule has 12 heavy (non-hydrogen) atoms. The van der Waals surface area contributed by atoms with E-state index in [1.165, 1.54) is 6.42 Å². The van der Waals surface area contributed by atoms with Crippen molar-refractivity contribution >= 4 is 5.97 Å². The van der Waals surface area contributed by atoms with Gasteiger partial charge in [0.2, 0.25) is 0 Å². The maximum atomic E-state index is 11.4. The fraction of sp³-hybridized carbons (Fsp3) is 0.900. The summed E-state index contributed by atoms with van der Waals surface area (Å²) in [5, 5.41) is 0. The molecule has 0 radical (unpaired) electrons. The number of cyclic esters (lactones) is 1. The Morgan fingerprint density at radius 2 is 2.33 bits per heavy atom. The zero-order valence-corrected chi connectivity index (χ0v) is 7.54. The number of carbonyl (C=O) groups is 1. The van der Waals surface area contributed by atoms with Crippen molar-refractivity contribution in [3.05, 3.63) is 0 Å². The minimum absolute atomic E-state index is 0.0703. The zero-order valence-electron chi connectivity index (χ0n) is 7.54. The maximum Gasteiger partial charge on any atom is 0.309 e. The van der Waals surface area contributed by atoms with E-state index in [-0.39, 0.29) is 18.0 Å². The molecule has 5 atom stereocenters. The van der Waals surface area contributed by atoms with Gasteiger partial charge in [-0.25, -0.2) is 0 Å². The smallest absolute Gasteiger partial charge is 0.309 e. The molecule has 2 aliphatic carbocycles. The van der Waals surface area contributed by atoms with Crippen LogP contribution in [0.25, 0.3) is 0 Å². The summed E-state index contributed by atoms with van der Waals surface area (Å²) in [6.45, 7) is 4.37. The van der Waals surface area contributed by atoms with Crippen LogP contribution in [0.3, 0.4) is 0 Å². The van der Waals surface area contributed by atoms with Gasteiger partial charge in [-0.05, 0) is 31.1 Å². The van der Waals surface area contributed by atoms with Crippen LogP contribution in [0, 0.1) is 23.2 Å². The van der Waals surface area contributed by atoms with Crippen LogP contribution in [0.15, 0.2) is 0 Å². The summed E-state index contributed by atoms with van der Waals surface area (Å²) in [5.74, 6) is 1.70. The van der Waals surface area contributed by atoms with Crippen LogP contribution in [-0.2, 0) is 9.53 Å². The van der Waals surface area contributed by atoms with Crippen molar-refractivity contribution in [2.75, 3.05) is 0 Å². The van der Waals surface area contributed by atoms with Crippen molar-refractivity contribution < 1.29 is 9.53 Å². The van der Waals surface area contributed by atoms with E-state index in [2.05, 4.69) is 13.8 Å². The van der Waals surface area contributed by atoms with Crippen LogP contribution in [-0.4, -0.2) is 12.1 Å². The van der Waals surface area contributed by atoms with Crippen molar-refractivity contribution in [3.8, 4) is 0 Å². The predicted octanol–water partition coefficient (Wildman–Crippen LogP) is 1.59. The molecule has 1 aliphatic heterocycles. The van der Waals surface area contributed by atoms with Gasteiger partial charge in [0.1, 0.15) is 6.10 Å². The van der Waals surface area contributed by atoms with Crippen molar-refractivity contribution in [1.82, 2.24) is 0 Å². The first-order valence-electron chi connectivity index (χ1n) is 4.83. The molecule has 0 amide bonds. The van der Waals surface area contributed by atoms with E-state index in [4.69, 9.17) is 4.74 Å². The van der Waals surface area contributed by atoms with Crippen molar-refractivity contribution in [1.29, 1.82) is 0 Å². The largest absolute Gasteiger partial charge is 0.462 e. The lowest BCUT2D eigenvalue weighted by atomic mass is 9.83. The van der Waals surface area contributed by atoms with Gasteiger partial charge in [0.15, 0.2) is 0 Å². The molecule has 2 heteroatoms. The molecular formula is C10H14O2. The second-order valence-corrected chi connectivity index (χ2v) is 4.92. The third-order valence-corrected chi connectivity index (χ3v) is 4.30. The summed E-state index contributed by atoms with van der Waals surface area (Å²) >= 11 is 0. The summed E-state index contributed by atoms with van der Waals surface area (Å²) < 4.78 is 5.25.